The number of nitrogens with one attached hydrogen (secondary N) is 1. The third kappa shape index (κ3) is 28.1. The fourth-order valence-electron chi connectivity index (χ4n) is 1.72. The lowest BCUT2D eigenvalue weighted by Gasteiger charge is -2.05. The Morgan fingerprint density at radius 1 is 0.824 bits per heavy atom. The van der Waals surface area contributed by atoms with Crippen LogP contribution in [0.15, 0.2) is 9.98 Å². The van der Waals surface area contributed by atoms with E-state index in [0.29, 0.717) is 18.8 Å². The van der Waals surface area contributed by atoms with E-state index in [1.54, 1.807) is 30.6 Å². The molecule has 0 heterocycles. The fraction of sp³-hybridized carbons (Fsp3) is 0.833. The second-order valence-electron chi connectivity index (χ2n) is 5.84. The monoisotopic (exact) mass is 645 g/mol. The lowest BCUT2D eigenvalue weighted by atomic mass is 10.8. The van der Waals surface area contributed by atoms with Gasteiger partial charge in [0.05, 0.1) is 45.1 Å². The van der Waals surface area contributed by atoms with E-state index in [2.05, 4.69) is 15.3 Å². The topological polar surface area (TPSA) is 108 Å². The Balaban J connectivity index is 3.28. The van der Waals surface area contributed by atoms with Crippen LogP contribution in [-0.4, -0.2) is 117 Å². The molecule has 0 saturated carbocycles. The molecule has 7 nitrogen and oxygen atoms in total. The summed E-state index contributed by atoms with van der Waals surface area (Å²) < 4.78 is 22.6. The summed E-state index contributed by atoms with van der Waals surface area (Å²) in [6, 6.07) is 0. The minimum absolute atomic E-state index is 0.0525. The number of amides is 1. The summed E-state index contributed by atoms with van der Waals surface area (Å²) in [6.45, 7) is 1.26. The van der Waals surface area contributed by atoms with Crippen LogP contribution in [0.3, 0.4) is 0 Å². The summed E-state index contributed by atoms with van der Waals surface area (Å²) in [5, 5.41) is 15.7. The molecule has 1 amide bonds. The molecule has 0 bridgehead atoms. The highest BCUT2D eigenvalue weighted by Crippen LogP contribution is 2.19. The van der Waals surface area contributed by atoms with Gasteiger partial charge in [-0.25, -0.2) is 0 Å². The molecule has 0 radical (unpaired) electrons. The highest BCUT2D eigenvalue weighted by molar-refractivity contribution is 8.23. The molecule has 0 aliphatic rings. The molecular weight excluding hydrogens is 611 g/mol. The van der Waals surface area contributed by atoms with Crippen molar-refractivity contribution in [2.24, 2.45) is 9.98 Å². The van der Waals surface area contributed by atoms with E-state index in [0.717, 1.165) is 49.1 Å². The Bertz CT molecular complexity index is 601. The van der Waals surface area contributed by atoms with Gasteiger partial charge in [-0.3, -0.25) is 23.2 Å². The van der Waals surface area contributed by atoms with Gasteiger partial charge in [-0.15, -0.1) is 47.0 Å². The molecule has 0 aromatic heterocycles. The lowest BCUT2D eigenvalue weighted by molar-refractivity contribution is 0.261. The van der Waals surface area contributed by atoms with Crippen molar-refractivity contribution < 1.29 is 18.3 Å². The first-order valence-corrected chi connectivity index (χ1v) is 20.9. The minimum atomic E-state index is -1.15. The molecule has 0 rings (SSSR count). The smallest absolute Gasteiger partial charge is 0.279 e. The van der Waals surface area contributed by atoms with E-state index in [-0.39, 0.29) is 17.6 Å². The number of carbonyl (C=O) groups excluding carboxylic acids is 1. The number of aliphatic hydroxyl groups is 1. The molecule has 200 valence electrons. The van der Waals surface area contributed by atoms with Crippen LogP contribution in [0.5, 0.6) is 0 Å². The van der Waals surface area contributed by atoms with Gasteiger partial charge in [0.15, 0.2) is 0 Å². The summed E-state index contributed by atoms with van der Waals surface area (Å²) >= 11 is 12.3. The standard InChI is InChI=1S/C18H35N3O4S9/c1-19-12-34(25)11-9-29-17-31-16-28-7-8-32-18(23)21-3-6-27-15-30-14-26-5-2-20-13-33(24)10-4-22/h12-13,22H,2-11,14-17H2,1H3,(H,21,23). The van der Waals surface area contributed by atoms with Gasteiger partial charge >= 0.3 is 0 Å². The van der Waals surface area contributed by atoms with Crippen molar-refractivity contribution >= 4 is 120 Å². The number of thioether (sulfide) groups is 7. The van der Waals surface area contributed by atoms with Crippen LogP contribution < -0.4 is 5.32 Å². The number of nitrogens with zero attached hydrogens (tertiary/aromatic N) is 2. The number of hydrogen-bond acceptors (Lipinski definition) is 13. The van der Waals surface area contributed by atoms with Crippen molar-refractivity contribution in [2.75, 3.05) is 87.4 Å². The molecule has 0 aliphatic heterocycles. The van der Waals surface area contributed by atoms with E-state index >= 15 is 0 Å². The maximum Gasteiger partial charge on any atom is 0.279 e. The van der Waals surface area contributed by atoms with E-state index in [4.69, 9.17) is 5.11 Å². The average Bonchev–Trinajstić information content (AvgIpc) is 2.81. The van der Waals surface area contributed by atoms with Crippen LogP contribution in [0, 0.1) is 0 Å². The molecule has 0 aromatic rings. The van der Waals surface area contributed by atoms with E-state index < -0.39 is 21.6 Å². The third-order valence-corrected chi connectivity index (χ3v) is 13.8. The van der Waals surface area contributed by atoms with Gasteiger partial charge in [0.25, 0.3) is 5.24 Å². The minimum Gasteiger partial charge on any atom is -0.395 e. The Kier molecular flexibility index (Phi) is 30.4. The molecule has 0 fully saturated rings. The number of aliphatic hydroxyl groups excluding tert-OH is 1. The Hall–Kier alpha value is 1.52. The van der Waals surface area contributed by atoms with Crippen molar-refractivity contribution in [3.05, 3.63) is 0 Å². The first kappa shape index (κ1) is 35.5. The Labute approximate surface area is 239 Å². The fourth-order valence-corrected chi connectivity index (χ4v) is 11.0. The van der Waals surface area contributed by atoms with Gasteiger partial charge in [-0.05, 0) is 0 Å². The van der Waals surface area contributed by atoms with Crippen LogP contribution in [0.4, 0.5) is 4.79 Å². The average molecular weight is 646 g/mol. The van der Waals surface area contributed by atoms with Gasteiger partial charge in [0.1, 0.15) is 0 Å². The van der Waals surface area contributed by atoms with Gasteiger partial charge in [0.2, 0.25) is 0 Å². The van der Waals surface area contributed by atoms with Gasteiger partial charge in [-0.1, -0.05) is 11.8 Å². The Morgan fingerprint density at radius 2 is 1.44 bits per heavy atom. The van der Waals surface area contributed by atoms with Crippen molar-refractivity contribution in [1.29, 1.82) is 0 Å². The first-order chi connectivity index (χ1) is 16.6. The quantitative estimate of drug-likeness (QED) is 0.0692. The summed E-state index contributed by atoms with van der Waals surface area (Å²) in [7, 11) is -0.442. The van der Waals surface area contributed by atoms with E-state index in [1.807, 2.05) is 47.0 Å². The van der Waals surface area contributed by atoms with Gasteiger partial charge in [0, 0.05) is 75.0 Å². The molecule has 34 heavy (non-hydrogen) atoms. The van der Waals surface area contributed by atoms with Crippen molar-refractivity contribution in [1.82, 2.24) is 5.32 Å². The second-order valence-corrected chi connectivity index (χ2v) is 17.5. The normalized spacial score (nSPS) is 13.6. The molecule has 0 aliphatic carbocycles. The lowest BCUT2D eigenvalue weighted by Crippen LogP contribution is -2.22. The summed E-state index contributed by atoms with van der Waals surface area (Å²) in [4.78, 5) is 19.7. The second kappa shape index (κ2) is 29.1. The predicted octanol–water partition coefficient (Wildman–Crippen LogP) is 3.83. The third-order valence-electron chi connectivity index (χ3n) is 3.14. The molecule has 2 N–H and O–H groups in total. The zero-order valence-electron chi connectivity index (χ0n) is 19.3. The van der Waals surface area contributed by atoms with Gasteiger partial charge in [-0.2, -0.15) is 23.5 Å². The largest absolute Gasteiger partial charge is 0.395 e. The van der Waals surface area contributed by atoms with Crippen molar-refractivity contribution in [3.8, 4) is 0 Å². The van der Waals surface area contributed by atoms with Crippen LogP contribution >= 0.6 is 82.3 Å². The van der Waals surface area contributed by atoms with Crippen LogP contribution in [0.2, 0.25) is 0 Å². The molecule has 16 heteroatoms. The number of rotatable bonds is 24. The zero-order chi connectivity index (χ0) is 25.1. The highest BCUT2D eigenvalue weighted by atomic mass is 32.2. The van der Waals surface area contributed by atoms with E-state index in [9.17, 15) is 13.2 Å². The summed E-state index contributed by atoms with van der Waals surface area (Å²) in [5.74, 6) is 5.38. The number of carbonyl (C=O) groups is 1. The number of aliphatic imine (C=N–C) groups is 2. The summed E-state index contributed by atoms with van der Waals surface area (Å²) in [5.41, 5.74) is 2.91. The van der Waals surface area contributed by atoms with Crippen molar-refractivity contribution in [2.45, 2.75) is 0 Å². The van der Waals surface area contributed by atoms with Crippen LogP contribution in [0.1, 0.15) is 0 Å². The van der Waals surface area contributed by atoms with E-state index in [1.165, 1.54) is 22.9 Å². The molecular formula is C18H35N3O4S9. The molecule has 0 aromatic carbocycles. The number of hydrogen-bond donors (Lipinski definition) is 2. The summed E-state index contributed by atoms with van der Waals surface area (Å²) in [6.07, 6.45) is 0. The zero-order valence-corrected chi connectivity index (χ0v) is 26.6. The first-order valence-electron chi connectivity index (χ1n) is 10.2. The SMILES string of the molecule is CN=CS(=O)CCSCSCSCCSC(=O)NCCSCSCSCCN=CS(=O)CCO. The molecule has 2 unspecified atom stereocenters. The Morgan fingerprint density at radius 3 is 2.12 bits per heavy atom. The highest BCUT2D eigenvalue weighted by Gasteiger charge is 2.02. The van der Waals surface area contributed by atoms with Crippen molar-refractivity contribution in [3.63, 3.8) is 0 Å². The predicted molar refractivity (Wildman–Crippen MR) is 171 cm³/mol. The van der Waals surface area contributed by atoms with Crippen LogP contribution in [0.25, 0.3) is 0 Å². The van der Waals surface area contributed by atoms with Gasteiger partial charge < -0.3 is 10.4 Å². The molecule has 2 atom stereocenters. The molecule has 0 spiro atoms. The maximum atomic E-state index is 11.8. The van der Waals surface area contributed by atoms with Crippen LogP contribution in [-0.2, 0) is 21.6 Å². The molecule has 0 saturated heterocycles. The maximum absolute atomic E-state index is 11.8.